The molecular weight excluding hydrogens is 220 g/mol. The summed E-state index contributed by atoms with van der Waals surface area (Å²) >= 11 is 1.14. The van der Waals surface area contributed by atoms with Crippen LogP contribution in [0.25, 0.3) is 0 Å². The number of aromatic nitrogens is 1. The Morgan fingerprint density at radius 2 is 2.13 bits per heavy atom. The second-order valence-corrected chi connectivity index (χ2v) is 4.70. The number of carbonyl (C=O) groups is 1. The van der Waals surface area contributed by atoms with Crippen LogP contribution in [0.2, 0.25) is 0 Å². The lowest BCUT2D eigenvalue weighted by atomic mass is 9.84. The van der Waals surface area contributed by atoms with Crippen molar-refractivity contribution in [2.24, 2.45) is 5.92 Å². The van der Waals surface area contributed by atoms with Crippen molar-refractivity contribution in [3.63, 3.8) is 0 Å². The van der Waals surface area contributed by atoms with Crippen LogP contribution in [-0.4, -0.2) is 16.1 Å². The molecule has 0 unspecified atom stereocenters. The Morgan fingerprint density at radius 1 is 1.47 bits per heavy atom. The fourth-order valence-corrected chi connectivity index (χ4v) is 2.46. The fourth-order valence-electron chi connectivity index (χ4n) is 1.85. The summed E-state index contributed by atoms with van der Waals surface area (Å²) in [6, 6.07) is 1.65. The Hall–Kier alpha value is -0.840. The van der Waals surface area contributed by atoms with E-state index in [-0.39, 0.29) is 24.5 Å². The SMILES string of the molecule is O=C(c1ccns1)C1CCC(F)(F)CC1. The summed E-state index contributed by atoms with van der Waals surface area (Å²) in [5, 5.41) is 0. The zero-order chi connectivity index (χ0) is 10.9. The monoisotopic (exact) mass is 231 g/mol. The van der Waals surface area contributed by atoms with E-state index in [9.17, 15) is 13.6 Å². The van der Waals surface area contributed by atoms with Gasteiger partial charge in [-0.3, -0.25) is 4.79 Å². The normalized spacial score (nSPS) is 21.5. The topological polar surface area (TPSA) is 30.0 Å². The molecule has 1 aliphatic rings. The van der Waals surface area contributed by atoms with E-state index >= 15 is 0 Å². The first-order valence-electron chi connectivity index (χ1n) is 4.91. The maximum atomic E-state index is 12.9. The van der Waals surface area contributed by atoms with Gasteiger partial charge in [0.1, 0.15) is 0 Å². The molecule has 0 N–H and O–H groups in total. The summed E-state index contributed by atoms with van der Waals surface area (Å²) in [5.74, 6) is -2.82. The Labute approximate surface area is 90.5 Å². The minimum absolute atomic E-state index is 0.0204. The molecule has 1 saturated carbocycles. The highest BCUT2D eigenvalue weighted by Crippen LogP contribution is 2.37. The quantitative estimate of drug-likeness (QED) is 0.732. The van der Waals surface area contributed by atoms with E-state index in [0.717, 1.165) is 11.5 Å². The van der Waals surface area contributed by atoms with Crippen LogP contribution < -0.4 is 0 Å². The lowest BCUT2D eigenvalue weighted by Gasteiger charge is -2.26. The van der Waals surface area contributed by atoms with Crippen LogP contribution in [0.5, 0.6) is 0 Å². The number of alkyl halides is 2. The van der Waals surface area contributed by atoms with Gasteiger partial charge in [0.2, 0.25) is 5.92 Å². The van der Waals surface area contributed by atoms with Gasteiger partial charge in [0, 0.05) is 25.0 Å². The molecule has 0 amide bonds. The smallest absolute Gasteiger partial charge is 0.248 e. The average molecular weight is 231 g/mol. The Kier molecular flexibility index (Phi) is 2.82. The van der Waals surface area contributed by atoms with Gasteiger partial charge in [-0.25, -0.2) is 13.2 Å². The molecule has 0 radical (unpaired) electrons. The zero-order valence-electron chi connectivity index (χ0n) is 8.08. The molecule has 0 atom stereocenters. The average Bonchev–Trinajstić information content (AvgIpc) is 2.69. The van der Waals surface area contributed by atoms with Gasteiger partial charge in [-0.2, -0.15) is 0 Å². The van der Waals surface area contributed by atoms with Crippen molar-refractivity contribution in [2.45, 2.75) is 31.6 Å². The Balaban J connectivity index is 2.00. The maximum Gasteiger partial charge on any atom is 0.248 e. The molecule has 1 heterocycles. The highest BCUT2D eigenvalue weighted by atomic mass is 32.1. The molecule has 1 aliphatic carbocycles. The van der Waals surface area contributed by atoms with Crippen LogP contribution in [0.3, 0.4) is 0 Å². The van der Waals surface area contributed by atoms with Gasteiger partial charge < -0.3 is 0 Å². The van der Waals surface area contributed by atoms with Crippen molar-refractivity contribution >= 4 is 17.3 Å². The predicted octanol–water partition coefficient (Wildman–Crippen LogP) is 3.15. The molecule has 1 aromatic rings. The molecule has 0 spiro atoms. The first kappa shape index (κ1) is 10.7. The highest BCUT2D eigenvalue weighted by molar-refractivity contribution is 7.08. The van der Waals surface area contributed by atoms with E-state index in [1.807, 2.05) is 0 Å². The molecule has 82 valence electrons. The Bertz CT molecular complexity index is 340. The summed E-state index contributed by atoms with van der Waals surface area (Å²) < 4.78 is 29.6. The maximum absolute atomic E-state index is 12.9. The molecular formula is C10H11F2NOS. The third kappa shape index (κ3) is 2.40. The van der Waals surface area contributed by atoms with Crippen molar-refractivity contribution in [1.29, 1.82) is 0 Å². The van der Waals surface area contributed by atoms with Gasteiger partial charge in [0.25, 0.3) is 0 Å². The number of rotatable bonds is 2. The van der Waals surface area contributed by atoms with E-state index < -0.39 is 5.92 Å². The molecule has 5 heteroatoms. The highest BCUT2D eigenvalue weighted by Gasteiger charge is 2.37. The van der Waals surface area contributed by atoms with Crippen LogP contribution in [0.1, 0.15) is 35.4 Å². The molecule has 15 heavy (non-hydrogen) atoms. The molecule has 0 saturated heterocycles. The molecule has 0 bridgehead atoms. The molecule has 2 rings (SSSR count). The standard InChI is InChI=1S/C10H11F2NOS/c11-10(12)4-1-7(2-5-10)9(14)8-3-6-13-15-8/h3,6-7H,1-2,4-5H2. The van der Waals surface area contributed by atoms with Gasteiger partial charge in [0.15, 0.2) is 5.78 Å². The summed E-state index contributed by atoms with van der Waals surface area (Å²) in [6.45, 7) is 0. The van der Waals surface area contributed by atoms with Crippen molar-refractivity contribution in [1.82, 2.24) is 4.37 Å². The summed E-state index contributed by atoms with van der Waals surface area (Å²) in [5.41, 5.74) is 0. The van der Waals surface area contributed by atoms with Gasteiger partial charge in [-0.15, -0.1) is 0 Å². The lowest BCUT2D eigenvalue weighted by Crippen LogP contribution is -2.28. The minimum Gasteiger partial charge on any atom is -0.293 e. The summed E-state index contributed by atoms with van der Waals surface area (Å²) in [4.78, 5) is 12.4. The fraction of sp³-hybridized carbons (Fsp3) is 0.600. The predicted molar refractivity (Wildman–Crippen MR) is 53.3 cm³/mol. The number of nitrogens with zero attached hydrogens (tertiary/aromatic N) is 1. The summed E-state index contributed by atoms with van der Waals surface area (Å²) in [6.07, 6.45) is 1.83. The van der Waals surface area contributed by atoms with Crippen molar-refractivity contribution in [3.8, 4) is 0 Å². The van der Waals surface area contributed by atoms with Crippen molar-refractivity contribution in [2.75, 3.05) is 0 Å². The van der Waals surface area contributed by atoms with Crippen LogP contribution >= 0.6 is 11.5 Å². The largest absolute Gasteiger partial charge is 0.293 e. The number of hydrogen-bond acceptors (Lipinski definition) is 3. The number of Topliss-reactive ketones (excluding diaryl/α,β-unsaturated/α-hetero) is 1. The number of halogens is 2. The van der Waals surface area contributed by atoms with E-state index in [1.54, 1.807) is 12.3 Å². The van der Waals surface area contributed by atoms with E-state index in [2.05, 4.69) is 4.37 Å². The molecule has 2 nitrogen and oxygen atoms in total. The minimum atomic E-state index is -2.57. The molecule has 1 aromatic heterocycles. The third-order valence-corrected chi connectivity index (χ3v) is 3.53. The Morgan fingerprint density at radius 3 is 2.67 bits per heavy atom. The van der Waals surface area contributed by atoms with Crippen LogP contribution in [0, 0.1) is 5.92 Å². The van der Waals surface area contributed by atoms with E-state index in [1.165, 1.54) is 0 Å². The lowest BCUT2D eigenvalue weighted by molar-refractivity contribution is -0.0423. The van der Waals surface area contributed by atoms with Crippen molar-refractivity contribution in [3.05, 3.63) is 17.1 Å². The number of hydrogen-bond donors (Lipinski definition) is 0. The molecule has 1 fully saturated rings. The van der Waals surface area contributed by atoms with Crippen LogP contribution in [-0.2, 0) is 0 Å². The molecule has 0 aromatic carbocycles. The molecule has 0 aliphatic heterocycles. The number of carbonyl (C=O) groups excluding carboxylic acids is 1. The number of ketones is 1. The van der Waals surface area contributed by atoms with Gasteiger partial charge in [0.05, 0.1) is 4.88 Å². The van der Waals surface area contributed by atoms with Gasteiger partial charge >= 0.3 is 0 Å². The van der Waals surface area contributed by atoms with Crippen LogP contribution in [0.4, 0.5) is 8.78 Å². The third-order valence-electron chi connectivity index (χ3n) is 2.77. The first-order chi connectivity index (χ1) is 7.08. The summed E-state index contributed by atoms with van der Waals surface area (Å²) in [7, 11) is 0. The first-order valence-corrected chi connectivity index (χ1v) is 5.68. The van der Waals surface area contributed by atoms with E-state index in [4.69, 9.17) is 0 Å². The van der Waals surface area contributed by atoms with Gasteiger partial charge in [-0.05, 0) is 30.4 Å². The second-order valence-electron chi connectivity index (χ2n) is 3.87. The van der Waals surface area contributed by atoms with E-state index in [0.29, 0.717) is 17.7 Å². The zero-order valence-corrected chi connectivity index (χ0v) is 8.90. The van der Waals surface area contributed by atoms with Crippen LogP contribution in [0.15, 0.2) is 12.3 Å². The van der Waals surface area contributed by atoms with Crippen molar-refractivity contribution < 1.29 is 13.6 Å². The second kappa shape index (κ2) is 3.96. The van der Waals surface area contributed by atoms with Gasteiger partial charge in [-0.1, -0.05) is 0 Å².